The topological polar surface area (TPSA) is 107 Å². The highest BCUT2D eigenvalue weighted by Gasteiger charge is 2.11. The Bertz CT molecular complexity index is 615. The fraction of sp³-hybridized carbons (Fsp3) is 0.182. The summed E-state index contributed by atoms with van der Waals surface area (Å²) in [5, 5.41) is 9.66. The molecule has 0 fully saturated rings. The second kappa shape index (κ2) is 6.15. The molecule has 0 unspecified atom stereocenters. The van der Waals surface area contributed by atoms with E-state index >= 15 is 0 Å². The van der Waals surface area contributed by atoms with Gasteiger partial charge in [-0.15, -0.1) is 4.98 Å². The predicted molar refractivity (Wildman–Crippen MR) is 68.3 cm³/mol. The highest BCUT2D eigenvalue weighted by atomic mass is 32.2. The van der Waals surface area contributed by atoms with E-state index in [9.17, 15) is 4.79 Å². The van der Waals surface area contributed by atoms with E-state index in [1.165, 1.54) is 32.5 Å². The molecule has 0 atom stereocenters. The fourth-order valence-corrected chi connectivity index (χ4v) is 1.97. The van der Waals surface area contributed by atoms with E-state index in [0.29, 0.717) is 10.2 Å². The Kier molecular flexibility index (Phi) is 4.31. The summed E-state index contributed by atoms with van der Waals surface area (Å²) in [5.74, 6) is -1.03. The Morgan fingerprint density at radius 2 is 1.85 bits per heavy atom. The number of carboxylic acid groups (broad SMARTS) is 1. The molecule has 0 saturated heterocycles. The monoisotopic (exact) mass is 294 g/mol. The van der Waals surface area contributed by atoms with Gasteiger partial charge in [-0.1, -0.05) is 0 Å². The van der Waals surface area contributed by atoms with Gasteiger partial charge in [-0.2, -0.15) is 9.97 Å². The van der Waals surface area contributed by atoms with Crippen molar-refractivity contribution >= 4 is 17.7 Å². The van der Waals surface area contributed by atoms with Gasteiger partial charge in [0.1, 0.15) is 5.03 Å². The van der Waals surface area contributed by atoms with Gasteiger partial charge in [0.05, 0.1) is 19.8 Å². The Labute approximate surface area is 118 Å². The van der Waals surface area contributed by atoms with Crippen LogP contribution in [0.3, 0.4) is 0 Å². The molecule has 0 aliphatic carbocycles. The molecular formula is C11H10N4O4S. The molecule has 8 nitrogen and oxygen atoms in total. The summed E-state index contributed by atoms with van der Waals surface area (Å²) in [6.45, 7) is 0. The Morgan fingerprint density at radius 3 is 2.40 bits per heavy atom. The molecule has 0 bridgehead atoms. The van der Waals surface area contributed by atoms with E-state index < -0.39 is 5.97 Å². The van der Waals surface area contributed by atoms with Crippen molar-refractivity contribution in [1.29, 1.82) is 0 Å². The van der Waals surface area contributed by atoms with Gasteiger partial charge in [-0.3, -0.25) is 0 Å². The lowest BCUT2D eigenvalue weighted by Gasteiger charge is -2.04. The zero-order valence-electron chi connectivity index (χ0n) is 10.6. The predicted octanol–water partition coefficient (Wildman–Crippen LogP) is 1.13. The number of nitrogens with zero attached hydrogens (tertiary/aromatic N) is 4. The van der Waals surface area contributed by atoms with Crippen LogP contribution in [0.25, 0.3) is 0 Å². The van der Waals surface area contributed by atoms with E-state index in [0.717, 1.165) is 11.8 Å². The molecule has 0 amide bonds. The van der Waals surface area contributed by atoms with E-state index in [-0.39, 0.29) is 17.6 Å². The van der Waals surface area contributed by atoms with Crippen LogP contribution >= 0.6 is 11.8 Å². The summed E-state index contributed by atoms with van der Waals surface area (Å²) in [7, 11) is 2.85. The van der Waals surface area contributed by atoms with E-state index in [4.69, 9.17) is 14.6 Å². The number of hydrogen-bond acceptors (Lipinski definition) is 8. The van der Waals surface area contributed by atoms with Gasteiger partial charge < -0.3 is 14.6 Å². The molecule has 9 heteroatoms. The second-order valence-corrected chi connectivity index (χ2v) is 4.37. The van der Waals surface area contributed by atoms with Gasteiger partial charge in [-0.25, -0.2) is 9.78 Å². The van der Waals surface area contributed by atoms with Gasteiger partial charge in [-0.05, 0) is 23.9 Å². The normalized spacial score (nSPS) is 10.1. The van der Waals surface area contributed by atoms with Gasteiger partial charge in [0, 0.05) is 6.20 Å². The zero-order chi connectivity index (χ0) is 14.5. The number of aromatic carboxylic acids is 1. The lowest BCUT2D eigenvalue weighted by molar-refractivity contribution is 0.0696. The molecule has 0 aliphatic rings. The van der Waals surface area contributed by atoms with Crippen molar-refractivity contribution in [2.75, 3.05) is 14.2 Å². The third-order valence-electron chi connectivity index (χ3n) is 2.12. The van der Waals surface area contributed by atoms with E-state index in [1.54, 1.807) is 0 Å². The van der Waals surface area contributed by atoms with Crippen molar-refractivity contribution < 1.29 is 19.4 Å². The maximum absolute atomic E-state index is 10.9. The average Bonchev–Trinajstić information content (AvgIpc) is 2.47. The molecule has 0 spiro atoms. The number of hydrogen-bond donors (Lipinski definition) is 1. The molecule has 2 aromatic heterocycles. The van der Waals surface area contributed by atoms with Crippen molar-refractivity contribution in [2.24, 2.45) is 0 Å². The Hall–Kier alpha value is -2.42. The molecule has 0 aromatic carbocycles. The summed E-state index contributed by atoms with van der Waals surface area (Å²) >= 11 is 1.08. The van der Waals surface area contributed by atoms with Crippen molar-refractivity contribution in [1.82, 2.24) is 19.9 Å². The van der Waals surface area contributed by atoms with Crippen molar-refractivity contribution in [3.63, 3.8) is 0 Å². The van der Waals surface area contributed by atoms with E-state index in [1.807, 2.05) is 0 Å². The second-order valence-electron chi connectivity index (χ2n) is 3.38. The third-order valence-corrected chi connectivity index (χ3v) is 2.91. The van der Waals surface area contributed by atoms with Crippen LogP contribution in [0.1, 0.15) is 10.4 Å². The molecule has 0 saturated carbocycles. The van der Waals surface area contributed by atoms with Crippen LogP contribution in [-0.2, 0) is 0 Å². The smallest absolute Gasteiger partial charge is 0.335 e. The molecule has 2 heterocycles. The van der Waals surface area contributed by atoms with Gasteiger partial charge >= 0.3 is 18.0 Å². The minimum atomic E-state index is -1.03. The number of methoxy groups -OCH3 is 2. The molecule has 1 N–H and O–H groups in total. The fourth-order valence-electron chi connectivity index (χ4n) is 1.24. The zero-order valence-corrected chi connectivity index (χ0v) is 11.4. The minimum Gasteiger partial charge on any atom is -0.478 e. The van der Waals surface area contributed by atoms with Crippen molar-refractivity contribution in [2.45, 2.75) is 10.2 Å². The van der Waals surface area contributed by atoms with Crippen LogP contribution in [0.15, 0.2) is 28.5 Å². The van der Waals surface area contributed by atoms with Crippen molar-refractivity contribution in [3.8, 4) is 12.0 Å². The SMILES string of the molecule is COc1nc(OC)nc(Sc2cc(C(=O)O)ccn2)n1. The van der Waals surface area contributed by atoms with Gasteiger partial charge in [0.15, 0.2) is 0 Å². The highest BCUT2D eigenvalue weighted by molar-refractivity contribution is 7.99. The van der Waals surface area contributed by atoms with Crippen LogP contribution in [0.2, 0.25) is 0 Å². The molecule has 0 radical (unpaired) electrons. The first kappa shape index (κ1) is 14.0. The summed E-state index contributed by atoms with van der Waals surface area (Å²) in [6, 6.07) is 3.04. The van der Waals surface area contributed by atoms with Gasteiger partial charge in [0.25, 0.3) is 0 Å². The number of carboxylic acids is 1. The summed E-state index contributed by atoms with van der Waals surface area (Å²) in [4.78, 5) is 26.8. The standard InChI is InChI=1S/C11H10N4O4S/c1-18-9-13-10(19-2)15-11(14-9)20-7-5-6(8(16)17)3-4-12-7/h3-5H,1-2H3,(H,16,17). The highest BCUT2D eigenvalue weighted by Crippen LogP contribution is 2.25. The number of pyridine rings is 1. The molecule has 20 heavy (non-hydrogen) atoms. The first-order chi connectivity index (χ1) is 9.62. The number of aromatic nitrogens is 4. The third kappa shape index (κ3) is 3.32. The summed E-state index contributed by atoms with van der Waals surface area (Å²) in [5.41, 5.74) is 0.135. The van der Waals surface area contributed by atoms with Gasteiger partial charge in [0.2, 0.25) is 5.16 Å². The number of carbonyl (C=O) groups is 1. The Balaban J connectivity index is 2.29. The van der Waals surface area contributed by atoms with Crippen LogP contribution in [0.4, 0.5) is 0 Å². The number of rotatable bonds is 5. The molecule has 104 valence electrons. The number of ether oxygens (including phenoxy) is 2. The first-order valence-electron chi connectivity index (χ1n) is 5.33. The maximum Gasteiger partial charge on any atom is 0.335 e. The van der Waals surface area contributed by atoms with Crippen LogP contribution in [0, 0.1) is 0 Å². The lowest BCUT2D eigenvalue weighted by Crippen LogP contribution is -2.01. The molecule has 2 rings (SSSR count). The molecular weight excluding hydrogens is 284 g/mol. The largest absolute Gasteiger partial charge is 0.478 e. The average molecular weight is 294 g/mol. The lowest BCUT2D eigenvalue weighted by atomic mass is 10.3. The van der Waals surface area contributed by atoms with Crippen LogP contribution in [0.5, 0.6) is 12.0 Å². The Morgan fingerprint density at radius 1 is 1.20 bits per heavy atom. The van der Waals surface area contributed by atoms with E-state index in [2.05, 4.69) is 19.9 Å². The summed E-state index contributed by atoms with van der Waals surface area (Å²) < 4.78 is 9.85. The van der Waals surface area contributed by atoms with Crippen molar-refractivity contribution in [3.05, 3.63) is 23.9 Å². The van der Waals surface area contributed by atoms with Crippen LogP contribution < -0.4 is 9.47 Å². The summed E-state index contributed by atoms with van der Waals surface area (Å²) in [6.07, 6.45) is 1.40. The van der Waals surface area contributed by atoms with Crippen LogP contribution in [-0.4, -0.2) is 45.2 Å². The first-order valence-corrected chi connectivity index (χ1v) is 6.15. The molecule has 0 aliphatic heterocycles. The minimum absolute atomic E-state index is 0.105. The quantitative estimate of drug-likeness (QED) is 0.868. The maximum atomic E-state index is 10.9. The molecule has 2 aromatic rings.